The highest BCUT2D eigenvalue weighted by Crippen LogP contribution is 2.40. The molecule has 0 spiro atoms. The first-order valence-electron chi connectivity index (χ1n) is 6.74. The van der Waals surface area contributed by atoms with E-state index < -0.39 is 0 Å². The van der Waals surface area contributed by atoms with E-state index in [0.717, 1.165) is 6.42 Å². The van der Waals surface area contributed by atoms with Crippen molar-refractivity contribution in [1.82, 2.24) is 4.90 Å². The third-order valence-corrected chi connectivity index (χ3v) is 3.32. The average Bonchev–Trinajstić information content (AvgIpc) is 2.13. The monoisotopic (exact) mass is 235 g/mol. The summed E-state index contributed by atoms with van der Waals surface area (Å²) in [5, 5.41) is 0. The van der Waals surface area contributed by atoms with Crippen molar-refractivity contribution in [3.63, 3.8) is 0 Å². The molecule has 0 atom stereocenters. The summed E-state index contributed by atoms with van der Waals surface area (Å²) in [5.41, 5.74) is 3.53. The topological polar surface area (TPSA) is 3.24 Å². The molecule has 1 aliphatic heterocycles. The van der Waals surface area contributed by atoms with Gasteiger partial charge in [-0.25, -0.2) is 0 Å². The van der Waals surface area contributed by atoms with Crippen LogP contribution in [0, 0.1) is 11.3 Å². The number of hydrogen-bond donors (Lipinski definition) is 0. The summed E-state index contributed by atoms with van der Waals surface area (Å²) in [6.45, 7) is 18.4. The number of rotatable bonds is 1. The van der Waals surface area contributed by atoms with Gasteiger partial charge >= 0.3 is 0 Å². The summed E-state index contributed by atoms with van der Waals surface area (Å²) in [6, 6.07) is 0. The van der Waals surface area contributed by atoms with Gasteiger partial charge < -0.3 is 4.90 Å². The molecular formula is C16H29N. The van der Waals surface area contributed by atoms with Gasteiger partial charge in [-0.15, -0.1) is 0 Å². The van der Waals surface area contributed by atoms with Crippen molar-refractivity contribution in [3.05, 3.63) is 23.5 Å². The zero-order chi connectivity index (χ0) is 13.4. The van der Waals surface area contributed by atoms with E-state index in [1.807, 2.05) is 0 Å². The molecule has 0 saturated carbocycles. The number of allylic oxidation sites excluding steroid dienone is 3. The normalized spacial score (nSPS) is 18.3. The van der Waals surface area contributed by atoms with Crippen LogP contribution in [0.1, 0.15) is 61.8 Å². The quantitative estimate of drug-likeness (QED) is 0.621. The van der Waals surface area contributed by atoms with Gasteiger partial charge in [-0.3, -0.25) is 0 Å². The van der Waals surface area contributed by atoms with Gasteiger partial charge in [-0.1, -0.05) is 40.7 Å². The first kappa shape index (κ1) is 14.3. The summed E-state index contributed by atoms with van der Waals surface area (Å²) in [7, 11) is 0. The maximum Gasteiger partial charge on any atom is 0.0358 e. The second-order valence-corrected chi connectivity index (χ2v) is 7.40. The lowest BCUT2D eigenvalue weighted by molar-refractivity contribution is 0.223. The Labute approximate surface area is 108 Å². The molecule has 0 unspecified atom stereocenters. The predicted octanol–water partition coefficient (Wildman–Crippen LogP) is 4.96. The standard InChI is InChI=1S/C16H29N/c1-12(2)14-13(15(3,4)5)10-9-11-17(14)16(6,7)8/h9,11-12H,10H2,1-8H3. The van der Waals surface area contributed by atoms with Crippen molar-refractivity contribution >= 4 is 0 Å². The zero-order valence-corrected chi connectivity index (χ0v) is 12.9. The summed E-state index contributed by atoms with van der Waals surface area (Å²) in [4.78, 5) is 2.46. The molecule has 17 heavy (non-hydrogen) atoms. The van der Waals surface area contributed by atoms with E-state index in [9.17, 15) is 0 Å². The fourth-order valence-electron chi connectivity index (χ4n) is 2.51. The molecule has 0 bridgehead atoms. The van der Waals surface area contributed by atoms with Gasteiger partial charge in [0.15, 0.2) is 0 Å². The van der Waals surface area contributed by atoms with Crippen LogP contribution < -0.4 is 0 Å². The molecule has 1 heterocycles. The second-order valence-electron chi connectivity index (χ2n) is 7.40. The molecule has 1 nitrogen and oxygen atoms in total. The largest absolute Gasteiger partial charge is 0.346 e. The molecule has 0 aromatic carbocycles. The minimum atomic E-state index is 0.160. The van der Waals surface area contributed by atoms with E-state index in [2.05, 4.69) is 72.6 Å². The molecule has 0 radical (unpaired) electrons. The summed E-state index contributed by atoms with van der Waals surface area (Å²) >= 11 is 0. The van der Waals surface area contributed by atoms with Crippen LogP contribution >= 0.6 is 0 Å². The van der Waals surface area contributed by atoms with Crippen LogP contribution in [0.15, 0.2) is 23.5 Å². The number of nitrogens with zero attached hydrogens (tertiary/aromatic N) is 1. The smallest absolute Gasteiger partial charge is 0.0358 e. The molecule has 98 valence electrons. The summed E-state index contributed by atoms with van der Waals surface area (Å²) in [5.74, 6) is 0.577. The maximum atomic E-state index is 2.46. The highest BCUT2D eigenvalue weighted by molar-refractivity contribution is 5.29. The van der Waals surface area contributed by atoms with Crippen molar-refractivity contribution in [3.8, 4) is 0 Å². The van der Waals surface area contributed by atoms with Gasteiger partial charge in [0, 0.05) is 17.4 Å². The second kappa shape index (κ2) is 4.51. The Morgan fingerprint density at radius 3 is 1.94 bits per heavy atom. The first-order chi connectivity index (χ1) is 7.55. The third kappa shape index (κ3) is 3.14. The fourth-order valence-corrected chi connectivity index (χ4v) is 2.51. The van der Waals surface area contributed by atoms with E-state index >= 15 is 0 Å². The van der Waals surface area contributed by atoms with Crippen LogP contribution in [0.4, 0.5) is 0 Å². The van der Waals surface area contributed by atoms with Crippen LogP contribution in [0.3, 0.4) is 0 Å². The Bertz CT molecular complexity index is 332. The Morgan fingerprint density at radius 2 is 1.59 bits per heavy atom. The van der Waals surface area contributed by atoms with Crippen molar-refractivity contribution in [2.24, 2.45) is 11.3 Å². The van der Waals surface area contributed by atoms with Gasteiger partial charge in [0.25, 0.3) is 0 Å². The minimum Gasteiger partial charge on any atom is -0.346 e. The summed E-state index contributed by atoms with van der Waals surface area (Å²) < 4.78 is 0. The van der Waals surface area contributed by atoms with Crippen molar-refractivity contribution in [2.75, 3.05) is 0 Å². The molecule has 0 amide bonds. The Hall–Kier alpha value is -0.720. The predicted molar refractivity (Wildman–Crippen MR) is 76.7 cm³/mol. The molecule has 1 heteroatoms. The summed E-state index contributed by atoms with van der Waals surface area (Å²) in [6.07, 6.45) is 5.67. The van der Waals surface area contributed by atoms with Crippen LogP contribution in [0.5, 0.6) is 0 Å². The molecule has 0 aromatic rings. The van der Waals surface area contributed by atoms with Crippen molar-refractivity contribution < 1.29 is 0 Å². The van der Waals surface area contributed by atoms with E-state index in [1.54, 1.807) is 5.57 Å². The van der Waals surface area contributed by atoms with Crippen molar-refractivity contribution in [2.45, 2.75) is 67.3 Å². The van der Waals surface area contributed by atoms with Gasteiger partial charge in [0.05, 0.1) is 0 Å². The van der Waals surface area contributed by atoms with E-state index in [1.165, 1.54) is 5.70 Å². The van der Waals surface area contributed by atoms with E-state index in [-0.39, 0.29) is 11.0 Å². The lowest BCUT2D eigenvalue weighted by Crippen LogP contribution is -2.41. The minimum absolute atomic E-state index is 0.160. The Morgan fingerprint density at radius 1 is 1.06 bits per heavy atom. The Balaban J connectivity index is 3.30. The van der Waals surface area contributed by atoms with Crippen LogP contribution in [-0.2, 0) is 0 Å². The van der Waals surface area contributed by atoms with Gasteiger partial charge in [0.1, 0.15) is 0 Å². The molecule has 1 rings (SSSR count). The first-order valence-corrected chi connectivity index (χ1v) is 6.74. The molecule has 1 aliphatic rings. The van der Waals surface area contributed by atoms with Crippen LogP contribution in [0.2, 0.25) is 0 Å². The van der Waals surface area contributed by atoms with Gasteiger partial charge in [-0.2, -0.15) is 0 Å². The highest BCUT2D eigenvalue weighted by atomic mass is 15.2. The van der Waals surface area contributed by atoms with Gasteiger partial charge in [0.2, 0.25) is 0 Å². The van der Waals surface area contributed by atoms with E-state index in [0.29, 0.717) is 5.92 Å². The lowest BCUT2D eigenvalue weighted by Gasteiger charge is -2.44. The van der Waals surface area contributed by atoms with E-state index in [4.69, 9.17) is 0 Å². The average molecular weight is 235 g/mol. The molecule has 0 fully saturated rings. The molecule has 0 aliphatic carbocycles. The SMILES string of the molecule is CC(C)C1=C(C(C)(C)C)CC=CN1C(C)(C)C. The Kier molecular flexibility index (Phi) is 3.81. The zero-order valence-electron chi connectivity index (χ0n) is 12.9. The molecular weight excluding hydrogens is 206 g/mol. The van der Waals surface area contributed by atoms with Crippen LogP contribution in [-0.4, -0.2) is 10.4 Å². The maximum absolute atomic E-state index is 2.46. The fraction of sp³-hybridized carbons (Fsp3) is 0.750. The van der Waals surface area contributed by atoms with Crippen molar-refractivity contribution in [1.29, 1.82) is 0 Å². The third-order valence-electron chi connectivity index (χ3n) is 3.32. The highest BCUT2D eigenvalue weighted by Gasteiger charge is 2.31. The molecule has 0 aromatic heterocycles. The molecule has 0 N–H and O–H groups in total. The van der Waals surface area contributed by atoms with Crippen LogP contribution in [0.25, 0.3) is 0 Å². The number of hydrogen-bond acceptors (Lipinski definition) is 1. The lowest BCUT2D eigenvalue weighted by atomic mass is 9.79. The van der Waals surface area contributed by atoms with Gasteiger partial charge in [-0.05, 0) is 44.1 Å². The molecule has 0 saturated heterocycles.